The van der Waals surface area contributed by atoms with Crippen LogP contribution in [0.25, 0.3) is 0 Å². The van der Waals surface area contributed by atoms with E-state index in [0.717, 1.165) is 10.4 Å². The highest BCUT2D eigenvalue weighted by atomic mass is 32.2. The third kappa shape index (κ3) is 3.02. The summed E-state index contributed by atoms with van der Waals surface area (Å²) in [6, 6.07) is 1.82. The van der Waals surface area contributed by atoms with Crippen LogP contribution in [0.5, 0.6) is 0 Å². The van der Waals surface area contributed by atoms with E-state index in [1.807, 2.05) is 20.8 Å². The Morgan fingerprint density at radius 3 is 2.70 bits per heavy atom. The van der Waals surface area contributed by atoms with Crippen molar-refractivity contribution in [2.75, 3.05) is 4.72 Å². The number of nitrogens with zero attached hydrogens (tertiary/aromatic N) is 2. The van der Waals surface area contributed by atoms with Crippen LogP contribution < -0.4 is 10.5 Å². The number of hydrogen-bond acceptors (Lipinski definition) is 5. The Labute approximate surface area is 122 Å². The third-order valence-corrected chi connectivity index (χ3v) is 5.95. The van der Waals surface area contributed by atoms with Gasteiger partial charge in [0.2, 0.25) is 0 Å². The van der Waals surface area contributed by atoms with Crippen LogP contribution in [0.1, 0.15) is 30.3 Å². The smallest absolute Gasteiger partial charge is 0.271 e. The van der Waals surface area contributed by atoms with Crippen molar-refractivity contribution in [1.82, 2.24) is 9.78 Å². The van der Waals surface area contributed by atoms with Gasteiger partial charge in [-0.3, -0.25) is 9.40 Å². The average Bonchev–Trinajstić information content (AvgIpc) is 2.95. The first-order valence-corrected chi connectivity index (χ1v) is 8.50. The minimum absolute atomic E-state index is 0.182. The maximum absolute atomic E-state index is 12.3. The van der Waals surface area contributed by atoms with Crippen molar-refractivity contribution < 1.29 is 8.42 Å². The van der Waals surface area contributed by atoms with E-state index in [2.05, 4.69) is 9.82 Å². The van der Waals surface area contributed by atoms with E-state index in [1.165, 1.54) is 17.5 Å². The molecule has 0 aliphatic rings. The molecule has 0 aromatic carbocycles. The van der Waals surface area contributed by atoms with Gasteiger partial charge in [-0.25, -0.2) is 8.42 Å². The maximum atomic E-state index is 12.3. The van der Waals surface area contributed by atoms with Crippen LogP contribution in [0.4, 0.5) is 5.69 Å². The van der Waals surface area contributed by atoms with Crippen LogP contribution in [0, 0.1) is 6.92 Å². The van der Waals surface area contributed by atoms with Crippen molar-refractivity contribution in [1.29, 1.82) is 0 Å². The van der Waals surface area contributed by atoms with Crippen LogP contribution in [-0.4, -0.2) is 18.2 Å². The molecule has 0 saturated heterocycles. The van der Waals surface area contributed by atoms with Crippen LogP contribution in [0.2, 0.25) is 0 Å². The number of hydrogen-bond donors (Lipinski definition) is 2. The predicted molar refractivity (Wildman–Crippen MR) is 80.4 cm³/mol. The van der Waals surface area contributed by atoms with E-state index in [9.17, 15) is 8.42 Å². The van der Waals surface area contributed by atoms with Gasteiger partial charge < -0.3 is 5.73 Å². The predicted octanol–water partition coefficient (Wildman–Crippen LogP) is 2.09. The molecule has 110 valence electrons. The van der Waals surface area contributed by atoms with Crippen LogP contribution in [0.15, 0.2) is 22.7 Å². The summed E-state index contributed by atoms with van der Waals surface area (Å²) in [4.78, 5) is 0.878. The number of thiophene rings is 1. The molecule has 2 heterocycles. The molecule has 0 radical (unpaired) electrons. The fourth-order valence-corrected chi connectivity index (χ4v) is 4.20. The molecule has 8 heteroatoms. The van der Waals surface area contributed by atoms with Crippen molar-refractivity contribution >= 4 is 27.0 Å². The zero-order chi connectivity index (χ0) is 14.9. The lowest BCUT2D eigenvalue weighted by atomic mass is 10.3. The van der Waals surface area contributed by atoms with E-state index in [-0.39, 0.29) is 10.3 Å². The Hall–Kier alpha value is -1.38. The molecule has 0 atom stereocenters. The van der Waals surface area contributed by atoms with Gasteiger partial charge in [0.1, 0.15) is 4.21 Å². The molecule has 6 nitrogen and oxygen atoms in total. The number of anilines is 1. The topological polar surface area (TPSA) is 90.0 Å². The summed E-state index contributed by atoms with van der Waals surface area (Å²) in [5.74, 6) is 0. The Kier molecular flexibility index (Phi) is 4.17. The number of rotatable bonds is 5. The van der Waals surface area contributed by atoms with E-state index in [0.29, 0.717) is 12.2 Å². The quantitative estimate of drug-likeness (QED) is 0.884. The minimum Gasteiger partial charge on any atom is -0.326 e. The monoisotopic (exact) mass is 314 g/mol. The Bertz CT molecular complexity index is 701. The van der Waals surface area contributed by atoms with Gasteiger partial charge in [-0.15, -0.1) is 11.3 Å². The first kappa shape index (κ1) is 15.0. The third-order valence-electron chi connectivity index (χ3n) is 2.83. The highest BCUT2D eigenvalue weighted by Gasteiger charge is 2.19. The van der Waals surface area contributed by atoms with Crippen LogP contribution >= 0.6 is 11.3 Å². The van der Waals surface area contributed by atoms with E-state index >= 15 is 0 Å². The average molecular weight is 314 g/mol. The molecule has 0 saturated carbocycles. The second kappa shape index (κ2) is 5.55. The molecule has 3 N–H and O–H groups in total. The molecule has 0 aliphatic heterocycles. The number of nitrogens with one attached hydrogen (secondary N) is 1. The van der Waals surface area contributed by atoms with Gasteiger partial charge in [-0.1, -0.05) is 0 Å². The lowest BCUT2D eigenvalue weighted by molar-refractivity contribution is 0.532. The molecule has 2 aromatic rings. The van der Waals surface area contributed by atoms with Crippen molar-refractivity contribution in [2.24, 2.45) is 5.73 Å². The number of aryl methyl sites for hydroxylation is 1. The first-order chi connectivity index (χ1) is 9.33. The van der Waals surface area contributed by atoms with Crippen LogP contribution in [0.3, 0.4) is 0 Å². The number of nitrogens with two attached hydrogens (primary N) is 1. The molecule has 20 heavy (non-hydrogen) atoms. The molecule has 0 unspecified atom stereocenters. The molecule has 2 rings (SSSR count). The number of aromatic nitrogens is 2. The lowest BCUT2D eigenvalue weighted by Gasteiger charge is -2.04. The molecule has 0 amide bonds. The number of sulfonamides is 1. The molecule has 0 aliphatic carbocycles. The summed E-state index contributed by atoms with van der Waals surface area (Å²) in [5, 5.41) is 4.11. The normalized spacial score (nSPS) is 12.1. The standard InChI is InChI=1S/C12H18N4O2S2/c1-8(2)16-7-10(6-14-16)15-20(17,18)12-4-9(3)11(5-13)19-12/h4,6-8,15H,5,13H2,1-3H3. The summed E-state index contributed by atoms with van der Waals surface area (Å²) in [6.07, 6.45) is 3.17. The van der Waals surface area contributed by atoms with Gasteiger partial charge in [0.05, 0.1) is 11.9 Å². The summed E-state index contributed by atoms with van der Waals surface area (Å²) < 4.78 is 29.1. The van der Waals surface area contributed by atoms with Crippen molar-refractivity contribution in [3.8, 4) is 0 Å². The zero-order valence-electron chi connectivity index (χ0n) is 11.6. The zero-order valence-corrected chi connectivity index (χ0v) is 13.3. The van der Waals surface area contributed by atoms with E-state index < -0.39 is 10.0 Å². The van der Waals surface area contributed by atoms with Crippen LogP contribution in [-0.2, 0) is 16.6 Å². The Morgan fingerprint density at radius 1 is 1.50 bits per heavy atom. The fraction of sp³-hybridized carbons (Fsp3) is 0.417. The highest BCUT2D eigenvalue weighted by Crippen LogP contribution is 2.27. The molecular formula is C12H18N4O2S2. The van der Waals surface area contributed by atoms with Gasteiger partial charge in [0.15, 0.2) is 0 Å². The second-order valence-electron chi connectivity index (χ2n) is 4.78. The summed E-state index contributed by atoms with van der Waals surface area (Å²) >= 11 is 1.20. The fourth-order valence-electron chi connectivity index (χ4n) is 1.70. The summed E-state index contributed by atoms with van der Waals surface area (Å²) in [5.41, 5.74) is 6.93. The SMILES string of the molecule is Cc1cc(S(=O)(=O)Nc2cnn(C(C)C)c2)sc1CN. The summed E-state index contributed by atoms with van der Waals surface area (Å²) in [6.45, 7) is 6.15. The molecular weight excluding hydrogens is 296 g/mol. The molecule has 0 spiro atoms. The van der Waals surface area contributed by atoms with Gasteiger partial charge in [-0.05, 0) is 32.4 Å². The summed E-state index contributed by atoms with van der Waals surface area (Å²) in [7, 11) is -3.58. The molecule has 0 bridgehead atoms. The highest BCUT2D eigenvalue weighted by molar-refractivity contribution is 7.94. The van der Waals surface area contributed by atoms with Crippen molar-refractivity contribution in [3.63, 3.8) is 0 Å². The largest absolute Gasteiger partial charge is 0.326 e. The second-order valence-corrected chi connectivity index (χ2v) is 7.83. The van der Waals surface area contributed by atoms with Crippen molar-refractivity contribution in [3.05, 3.63) is 28.9 Å². The van der Waals surface area contributed by atoms with Gasteiger partial charge in [0, 0.05) is 23.7 Å². The minimum atomic E-state index is -3.58. The Morgan fingerprint density at radius 2 is 2.20 bits per heavy atom. The first-order valence-electron chi connectivity index (χ1n) is 6.20. The molecule has 0 fully saturated rings. The van der Waals surface area contributed by atoms with Gasteiger partial charge >= 0.3 is 0 Å². The Balaban J connectivity index is 2.25. The van der Waals surface area contributed by atoms with E-state index in [4.69, 9.17) is 5.73 Å². The lowest BCUT2D eigenvalue weighted by Crippen LogP contribution is -2.11. The van der Waals surface area contributed by atoms with Gasteiger partial charge in [-0.2, -0.15) is 5.10 Å². The maximum Gasteiger partial charge on any atom is 0.271 e. The van der Waals surface area contributed by atoms with E-state index in [1.54, 1.807) is 16.9 Å². The van der Waals surface area contributed by atoms with Crippen molar-refractivity contribution in [2.45, 2.75) is 37.6 Å². The molecule has 2 aromatic heterocycles. The van der Waals surface area contributed by atoms with Gasteiger partial charge in [0.25, 0.3) is 10.0 Å².